The maximum absolute atomic E-state index is 11.6. The molecule has 2 aliphatic heterocycles. The van der Waals surface area contributed by atoms with Crippen LogP contribution in [0.1, 0.15) is 43.9 Å². The largest absolute Gasteiger partial charge is 0.349 e. The highest BCUT2D eigenvalue weighted by molar-refractivity contribution is 5.80. The molecule has 1 aliphatic carbocycles. The van der Waals surface area contributed by atoms with Crippen molar-refractivity contribution in [2.75, 3.05) is 13.1 Å². The van der Waals surface area contributed by atoms with Crippen molar-refractivity contribution in [3.63, 3.8) is 0 Å². The van der Waals surface area contributed by atoms with E-state index in [0.717, 1.165) is 19.5 Å². The fourth-order valence-corrected chi connectivity index (χ4v) is 3.85. The van der Waals surface area contributed by atoms with Gasteiger partial charge in [-0.1, -0.05) is 38.1 Å². The topological polar surface area (TPSA) is 41.1 Å². The molecule has 102 valence electrons. The number of hydrogen-bond donors (Lipinski definition) is 2. The average Bonchev–Trinajstić information content (AvgIpc) is 2.78. The minimum atomic E-state index is 0.221. The van der Waals surface area contributed by atoms with Crippen molar-refractivity contribution in [1.82, 2.24) is 10.6 Å². The van der Waals surface area contributed by atoms with Crippen molar-refractivity contribution in [1.29, 1.82) is 0 Å². The van der Waals surface area contributed by atoms with Crippen LogP contribution >= 0.6 is 0 Å². The number of rotatable bonds is 0. The van der Waals surface area contributed by atoms with Gasteiger partial charge in [0.2, 0.25) is 5.91 Å². The molecular formula is C16H22N2O. The van der Waals surface area contributed by atoms with Crippen molar-refractivity contribution < 1.29 is 4.79 Å². The van der Waals surface area contributed by atoms with Crippen molar-refractivity contribution in [2.24, 2.45) is 5.92 Å². The molecule has 0 radical (unpaired) electrons. The third kappa shape index (κ3) is 1.79. The number of nitrogens with one attached hydrogen (secondary N) is 2. The third-order valence-electron chi connectivity index (χ3n) is 4.68. The summed E-state index contributed by atoms with van der Waals surface area (Å²) in [5.74, 6) is 0.721. The van der Waals surface area contributed by atoms with E-state index in [1.54, 1.807) is 0 Å². The molecule has 2 fully saturated rings. The van der Waals surface area contributed by atoms with E-state index in [1.165, 1.54) is 11.1 Å². The molecule has 0 unspecified atom stereocenters. The van der Waals surface area contributed by atoms with Crippen LogP contribution in [0.2, 0.25) is 0 Å². The molecule has 3 nitrogen and oxygen atoms in total. The first-order valence-electron chi connectivity index (χ1n) is 7.38. The third-order valence-corrected chi connectivity index (χ3v) is 4.68. The Morgan fingerprint density at radius 1 is 1.21 bits per heavy atom. The van der Waals surface area contributed by atoms with Gasteiger partial charge in [-0.3, -0.25) is 4.79 Å². The molecule has 1 aromatic carbocycles. The number of hydrogen-bond acceptors (Lipinski definition) is 2. The monoisotopic (exact) mass is 258 g/mol. The number of carbonyl (C=O) groups excluding carboxylic acids is 1. The summed E-state index contributed by atoms with van der Waals surface area (Å²) < 4.78 is 0. The Balaban J connectivity index is 0.000000528. The Labute approximate surface area is 114 Å². The van der Waals surface area contributed by atoms with Crippen LogP contribution < -0.4 is 10.6 Å². The number of amides is 1. The highest BCUT2D eigenvalue weighted by atomic mass is 16.2. The SMILES string of the molecule is CC.O=C1C[C@H]2CC3(CNC3)c3ccccc3[C@H]2N1. The molecule has 1 amide bonds. The normalized spacial score (nSPS) is 29.5. The average molecular weight is 258 g/mol. The van der Waals surface area contributed by atoms with E-state index in [1.807, 2.05) is 13.8 Å². The Hall–Kier alpha value is -1.35. The molecule has 3 heteroatoms. The molecule has 2 atom stereocenters. The summed E-state index contributed by atoms with van der Waals surface area (Å²) in [6, 6.07) is 8.92. The molecule has 1 spiro atoms. The number of fused-ring (bicyclic) bond motifs is 4. The molecule has 0 bridgehead atoms. The van der Waals surface area contributed by atoms with Gasteiger partial charge in [-0.15, -0.1) is 0 Å². The number of carbonyl (C=O) groups is 1. The van der Waals surface area contributed by atoms with Crippen LogP contribution in [0.25, 0.3) is 0 Å². The molecule has 2 saturated heterocycles. The van der Waals surface area contributed by atoms with Crippen molar-refractivity contribution in [2.45, 2.75) is 38.1 Å². The molecule has 19 heavy (non-hydrogen) atoms. The minimum Gasteiger partial charge on any atom is -0.349 e. The first kappa shape index (κ1) is 12.7. The molecule has 2 N–H and O–H groups in total. The standard InChI is InChI=1S/C14H16N2O.C2H6/c17-12-5-9-6-14(7-15-8-14)11-4-2-1-3-10(11)13(9)16-12;1-2/h1-4,9,13,15H,5-8H2,(H,16,17);1-2H3/t9-,13-;/m0./s1. The van der Waals surface area contributed by atoms with E-state index >= 15 is 0 Å². The first-order valence-corrected chi connectivity index (χ1v) is 7.38. The highest BCUT2D eigenvalue weighted by Crippen LogP contribution is 2.49. The van der Waals surface area contributed by atoms with Crippen LogP contribution in [-0.4, -0.2) is 19.0 Å². The first-order chi connectivity index (χ1) is 9.28. The van der Waals surface area contributed by atoms with Crippen LogP contribution in [0.5, 0.6) is 0 Å². The second kappa shape index (κ2) is 4.64. The van der Waals surface area contributed by atoms with Crippen molar-refractivity contribution >= 4 is 5.91 Å². The maximum atomic E-state index is 11.6. The molecule has 0 aromatic heterocycles. The molecule has 3 aliphatic rings. The number of benzene rings is 1. The van der Waals surface area contributed by atoms with Gasteiger partial charge in [0.25, 0.3) is 0 Å². The lowest BCUT2D eigenvalue weighted by atomic mass is 9.61. The van der Waals surface area contributed by atoms with Gasteiger partial charge in [-0.05, 0) is 23.5 Å². The molecule has 4 rings (SSSR count). The van der Waals surface area contributed by atoms with Gasteiger partial charge in [-0.2, -0.15) is 0 Å². The maximum Gasteiger partial charge on any atom is 0.220 e. The molecule has 2 heterocycles. The van der Waals surface area contributed by atoms with Gasteiger partial charge in [0.1, 0.15) is 0 Å². The van der Waals surface area contributed by atoms with Crippen LogP contribution in [0.3, 0.4) is 0 Å². The fourth-order valence-electron chi connectivity index (χ4n) is 3.85. The summed E-state index contributed by atoms with van der Waals surface area (Å²) in [4.78, 5) is 11.6. The van der Waals surface area contributed by atoms with Crippen LogP contribution in [0, 0.1) is 5.92 Å². The molecular weight excluding hydrogens is 236 g/mol. The van der Waals surface area contributed by atoms with Crippen LogP contribution in [0.4, 0.5) is 0 Å². The summed E-state index contributed by atoms with van der Waals surface area (Å²) in [6.07, 6.45) is 1.86. The van der Waals surface area contributed by atoms with Gasteiger partial charge < -0.3 is 10.6 Å². The van der Waals surface area contributed by atoms with Gasteiger partial charge in [0.15, 0.2) is 0 Å². The summed E-state index contributed by atoms with van der Waals surface area (Å²) >= 11 is 0. The summed E-state index contributed by atoms with van der Waals surface area (Å²) in [6.45, 7) is 6.14. The van der Waals surface area contributed by atoms with Gasteiger partial charge in [-0.25, -0.2) is 0 Å². The van der Waals surface area contributed by atoms with E-state index in [-0.39, 0.29) is 11.9 Å². The second-order valence-electron chi connectivity index (χ2n) is 5.68. The Morgan fingerprint density at radius 2 is 1.95 bits per heavy atom. The van der Waals surface area contributed by atoms with Gasteiger partial charge in [0, 0.05) is 24.9 Å². The quantitative estimate of drug-likeness (QED) is 0.748. The second-order valence-corrected chi connectivity index (χ2v) is 5.68. The Kier molecular flexibility index (Phi) is 3.09. The Morgan fingerprint density at radius 3 is 2.63 bits per heavy atom. The summed E-state index contributed by atoms with van der Waals surface area (Å²) in [5, 5.41) is 6.54. The van der Waals surface area contributed by atoms with Crippen LogP contribution in [-0.2, 0) is 10.2 Å². The van der Waals surface area contributed by atoms with E-state index in [0.29, 0.717) is 17.8 Å². The van der Waals surface area contributed by atoms with Gasteiger partial charge >= 0.3 is 0 Å². The zero-order chi connectivity index (χ0) is 13.5. The fraction of sp³-hybridized carbons (Fsp3) is 0.562. The van der Waals surface area contributed by atoms with Crippen LogP contribution in [0.15, 0.2) is 24.3 Å². The highest BCUT2D eigenvalue weighted by Gasteiger charge is 2.50. The smallest absolute Gasteiger partial charge is 0.220 e. The summed E-state index contributed by atoms with van der Waals surface area (Å²) in [5.41, 5.74) is 3.13. The zero-order valence-electron chi connectivity index (χ0n) is 11.7. The van der Waals surface area contributed by atoms with E-state index in [4.69, 9.17) is 0 Å². The van der Waals surface area contributed by atoms with Gasteiger partial charge in [0.05, 0.1) is 6.04 Å². The summed E-state index contributed by atoms with van der Waals surface area (Å²) in [7, 11) is 0. The minimum absolute atomic E-state index is 0.221. The lowest BCUT2D eigenvalue weighted by molar-refractivity contribution is -0.119. The lowest BCUT2D eigenvalue weighted by Crippen LogP contribution is -2.59. The van der Waals surface area contributed by atoms with E-state index in [9.17, 15) is 4.79 Å². The zero-order valence-corrected chi connectivity index (χ0v) is 11.7. The van der Waals surface area contributed by atoms with E-state index in [2.05, 4.69) is 34.9 Å². The lowest BCUT2D eigenvalue weighted by Gasteiger charge is -2.50. The molecule has 0 saturated carbocycles. The predicted octanol–water partition coefficient (Wildman–Crippen LogP) is 2.13. The molecule has 1 aromatic rings. The van der Waals surface area contributed by atoms with Crippen molar-refractivity contribution in [3.05, 3.63) is 35.4 Å². The van der Waals surface area contributed by atoms with Crippen molar-refractivity contribution in [3.8, 4) is 0 Å². The Bertz CT molecular complexity index is 493. The predicted molar refractivity (Wildman–Crippen MR) is 75.9 cm³/mol. The van der Waals surface area contributed by atoms with E-state index < -0.39 is 0 Å².